The van der Waals surface area contributed by atoms with Crippen LogP contribution in [0.4, 0.5) is 5.82 Å². The molecule has 6 heteroatoms. The Hall–Kier alpha value is -2.02. The van der Waals surface area contributed by atoms with Crippen LogP contribution < -0.4 is 4.90 Å². The van der Waals surface area contributed by atoms with Gasteiger partial charge in [0.1, 0.15) is 11.6 Å². The molecule has 1 atom stereocenters. The van der Waals surface area contributed by atoms with Crippen LogP contribution in [0.25, 0.3) is 0 Å². The van der Waals surface area contributed by atoms with Gasteiger partial charge >= 0.3 is 0 Å². The first-order chi connectivity index (χ1) is 14.9. The maximum Gasteiger partial charge on any atom is 0.136 e. The van der Waals surface area contributed by atoms with Gasteiger partial charge in [-0.1, -0.05) is 36.8 Å². The third kappa shape index (κ3) is 6.73. The number of aromatic nitrogens is 2. The number of anilines is 1. The number of piperazine rings is 1. The molecule has 1 aromatic carbocycles. The molecule has 0 unspecified atom stereocenters. The molecule has 1 aliphatic heterocycles. The Morgan fingerprint density at radius 3 is 2.32 bits per heavy atom. The molecule has 1 N–H and O–H groups in total. The Balaban J connectivity index is 1.71. The number of benzene rings is 1. The SMILES string of the molecule is CCc1nc(C)nc(N2CCN(C[C@H](O)COC(C)C)CC2)c1Cc1ccc(C)cc1. The van der Waals surface area contributed by atoms with Crippen LogP contribution in [0.2, 0.25) is 0 Å². The van der Waals surface area contributed by atoms with Crippen molar-refractivity contribution in [1.29, 1.82) is 0 Å². The summed E-state index contributed by atoms with van der Waals surface area (Å²) in [6.45, 7) is 14.9. The van der Waals surface area contributed by atoms with Crippen molar-refractivity contribution < 1.29 is 9.84 Å². The van der Waals surface area contributed by atoms with Gasteiger partial charge in [0, 0.05) is 50.4 Å². The predicted octanol–water partition coefficient (Wildman–Crippen LogP) is 3.15. The molecule has 170 valence electrons. The fourth-order valence-electron chi connectivity index (χ4n) is 4.08. The molecule has 0 aliphatic carbocycles. The quantitative estimate of drug-likeness (QED) is 0.665. The average Bonchev–Trinajstić information content (AvgIpc) is 2.75. The van der Waals surface area contributed by atoms with Crippen LogP contribution in [0.5, 0.6) is 0 Å². The van der Waals surface area contributed by atoms with Crippen LogP contribution in [-0.4, -0.2) is 71.5 Å². The molecular formula is C25H38N4O2. The second kappa shape index (κ2) is 11.0. The highest BCUT2D eigenvalue weighted by Gasteiger charge is 2.24. The van der Waals surface area contributed by atoms with E-state index < -0.39 is 6.10 Å². The minimum Gasteiger partial charge on any atom is -0.389 e. The zero-order chi connectivity index (χ0) is 22.4. The van der Waals surface area contributed by atoms with Gasteiger partial charge in [-0.25, -0.2) is 9.97 Å². The molecule has 6 nitrogen and oxygen atoms in total. The van der Waals surface area contributed by atoms with Gasteiger partial charge in [-0.3, -0.25) is 4.90 Å². The number of ether oxygens (including phenoxy) is 1. The third-order valence-corrected chi connectivity index (χ3v) is 5.78. The summed E-state index contributed by atoms with van der Waals surface area (Å²) >= 11 is 0. The zero-order valence-corrected chi connectivity index (χ0v) is 19.8. The number of nitrogens with zero attached hydrogens (tertiary/aromatic N) is 4. The predicted molar refractivity (Wildman–Crippen MR) is 126 cm³/mol. The summed E-state index contributed by atoms with van der Waals surface area (Å²) in [6, 6.07) is 8.75. The molecule has 2 aromatic rings. The van der Waals surface area contributed by atoms with Crippen molar-refractivity contribution in [2.24, 2.45) is 0 Å². The number of hydrogen-bond donors (Lipinski definition) is 1. The molecule has 0 spiro atoms. The maximum atomic E-state index is 10.3. The van der Waals surface area contributed by atoms with Gasteiger partial charge in [-0.2, -0.15) is 0 Å². The van der Waals surface area contributed by atoms with Crippen molar-refractivity contribution >= 4 is 5.82 Å². The molecule has 0 saturated carbocycles. The van der Waals surface area contributed by atoms with E-state index in [9.17, 15) is 5.11 Å². The fourth-order valence-corrected chi connectivity index (χ4v) is 4.08. The van der Waals surface area contributed by atoms with Crippen LogP contribution >= 0.6 is 0 Å². The minimum atomic E-state index is -0.445. The first-order valence-electron chi connectivity index (χ1n) is 11.5. The first-order valence-corrected chi connectivity index (χ1v) is 11.5. The van der Waals surface area contributed by atoms with Gasteiger partial charge in [0.05, 0.1) is 18.8 Å². The van der Waals surface area contributed by atoms with E-state index in [1.54, 1.807) is 0 Å². The van der Waals surface area contributed by atoms with Crippen molar-refractivity contribution in [2.75, 3.05) is 44.2 Å². The standard InChI is InChI=1S/C25H38N4O2/c1-6-24-23(15-21-9-7-19(4)8-10-21)25(27-20(5)26-24)29-13-11-28(12-14-29)16-22(30)17-31-18(2)3/h7-10,18,22,30H,6,11-17H2,1-5H3/t22-/m0/s1. The second-order valence-electron chi connectivity index (χ2n) is 8.86. The monoisotopic (exact) mass is 426 g/mol. The Labute approximate surface area is 187 Å². The zero-order valence-electron chi connectivity index (χ0n) is 19.8. The lowest BCUT2D eigenvalue weighted by Crippen LogP contribution is -2.49. The molecule has 1 saturated heterocycles. The van der Waals surface area contributed by atoms with E-state index in [4.69, 9.17) is 14.7 Å². The van der Waals surface area contributed by atoms with Crippen molar-refractivity contribution in [1.82, 2.24) is 14.9 Å². The smallest absolute Gasteiger partial charge is 0.136 e. The number of rotatable bonds is 9. The maximum absolute atomic E-state index is 10.3. The lowest BCUT2D eigenvalue weighted by atomic mass is 10.0. The van der Waals surface area contributed by atoms with E-state index in [0.717, 1.165) is 56.4 Å². The molecule has 0 radical (unpaired) electrons. The largest absolute Gasteiger partial charge is 0.389 e. The Bertz CT molecular complexity index is 830. The molecular weight excluding hydrogens is 388 g/mol. The van der Waals surface area contributed by atoms with Gasteiger partial charge in [0.15, 0.2) is 0 Å². The molecule has 1 fully saturated rings. The molecule has 31 heavy (non-hydrogen) atoms. The highest BCUT2D eigenvalue weighted by Crippen LogP contribution is 2.26. The number of β-amino-alcohol motifs (C(OH)–C–C–N with tert-alkyl or cyclic N) is 1. The summed E-state index contributed by atoms with van der Waals surface area (Å²) < 4.78 is 5.55. The van der Waals surface area contributed by atoms with E-state index in [-0.39, 0.29) is 6.10 Å². The Morgan fingerprint density at radius 2 is 1.71 bits per heavy atom. The molecule has 3 rings (SSSR count). The minimum absolute atomic E-state index is 0.146. The van der Waals surface area contributed by atoms with Crippen molar-refractivity contribution in [3.05, 3.63) is 52.5 Å². The van der Waals surface area contributed by atoms with Crippen LogP contribution in [0.1, 0.15) is 49.0 Å². The van der Waals surface area contributed by atoms with Crippen molar-refractivity contribution in [3.63, 3.8) is 0 Å². The number of hydrogen-bond acceptors (Lipinski definition) is 6. The van der Waals surface area contributed by atoms with Gasteiger partial charge in [0.25, 0.3) is 0 Å². The molecule has 0 bridgehead atoms. The van der Waals surface area contributed by atoms with Gasteiger partial charge < -0.3 is 14.7 Å². The van der Waals surface area contributed by atoms with E-state index in [0.29, 0.717) is 13.2 Å². The van der Waals surface area contributed by atoms with E-state index in [1.165, 1.54) is 16.7 Å². The fraction of sp³-hybridized carbons (Fsp3) is 0.600. The van der Waals surface area contributed by atoms with Crippen molar-refractivity contribution in [2.45, 2.75) is 59.7 Å². The topological polar surface area (TPSA) is 61.7 Å². The van der Waals surface area contributed by atoms with Crippen LogP contribution in [0.15, 0.2) is 24.3 Å². The molecule has 0 amide bonds. The lowest BCUT2D eigenvalue weighted by Gasteiger charge is -2.37. The van der Waals surface area contributed by atoms with E-state index in [1.807, 2.05) is 20.8 Å². The highest BCUT2D eigenvalue weighted by atomic mass is 16.5. The van der Waals surface area contributed by atoms with Crippen LogP contribution in [0.3, 0.4) is 0 Å². The molecule has 2 heterocycles. The number of aliphatic hydroxyl groups is 1. The highest BCUT2D eigenvalue weighted by molar-refractivity contribution is 5.52. The van der Waals surface area contributed by atoms with E-state index >= 15 is 0 Å². The first kappa shape index (κ1) is 23.6. The lowest BCUT2D eigenvalue weighted by molar-refractivity contribution is -0.00901. The molecule has 1 aliphatic rings. The van der Waals surface area contributed by atoms with Crippen LogP contribution in [-0.2, 0) is 17.6 Å². The normalized spacial score (nSPS) is 16.2. The summed E-state index contributed by atoms with van der Waals surface area (Å²) in [5.41, 5.74) is 4.96. The number of aliphatic hydroxyl groups excluding tert-OH is 1. The summed E-state index contributed by atoms with van der Waals surface area (Å²) in [4.78, 5) is 14.3. The van der Waals surface area contributed by atoms with Gasteiger partial charge in [-0.15, -0.1) is 0 Å². The van der Waals surface area contributed by atoms with Gasteiger partial charge in [0.2, 0.25) is 0 Å². The number of aryl methyl sites for hydroxylation is 3. The molecule has 1 aromatic heterocycles. The second-order valence-corrected chi connectivity index (χ2v) is 8.86. The Morgan fingerprint density at radius 1 is 1.03 bits per heavy atom. The van der Waals surface area contributed by atoms with E-state index in [2.05, 4.69) is 47.9 Å². The average molecular weight is 427 g/mol. The van der Waals surface area contributed by atoms with Crippen molar-refractivity contribution in [3.8, 4) is 0 Å². The summed E-state index contributed by atoms with van der Waals surface area (Å²) in [5.74, 6) is 1.91. The van der Waals surface area contributed by atoms with Gasteiger partial charge in [-0.05, 0) is 39.7 Å². The Kier molecular flexibility index (Phi) is 8.41. The summed E-state index contributed by atoms with van der Waals surface area (Å²) in [6.07, 6.45) is 1.45. The third-order valence-electron chi connectivity index (χ3n) is 5.78. The summed E-state index contributed by atoms with van der Waals surface area (Å²) in [7, 11) is 0. The summed E-state index contributed by atoms with van der Waals surface area (Å²) in [5, 5.41) is 10.3. The van der Waals surface area contributed by atoms with Crippen LogP contribution in [0, 0.1) is 13.8 Å².